The number of amides is 2. The van der Waals surface area contributed by atoms with Gasteiger partial charge in [0, 0.05) is 0 Å². The van der Waals surface area contributed by atoms with Gasteiger partial charge in [-0.25, -0.2) is 17.6 Å². The molecular formula is C19H17FN2O6S2. The summed E-state index contributed by atoms with van der Waals surface area (Å²) in [4.78, 5) is 34.3. The molecule has 0 aliphatic carbocycles. The van der Waals surface area contributed by atoms with Crippen molar-refractivity contribution in [3.8, 4) is 0 Å². The summed E-state index contributed by atoms with van der Waals surface area (Å²) in [5, 5.41) is 10.5. The summed E-state index contributed by atoms with van der Waals surface area (Å²) in [6, 6.07) is 8.62. The highest BCUT2D eigenvalue weighted by atomic mass is 32.2. The van der Waals surface area contributed by atoms with Gasteiger partial charge in [0.05, 0.1) is 15.8 Å². The zero-order valence-electron chi connectivity index (χ0n) is 15.6. The molecule has 0 spiro atoms. The van der Waals surface area contributed by atoms with Crippen LogP contribution in [0.3, 0.4) is 0 Å². The molecule has 158 valence electrons. The van der Waals surface area contributed by atoms with Crippen LogP contribution in [0.25, 0.3) is 0 Å². The fourth-order valence-electron chi connectivity index (χ4n) is 2.91. The summed E-state index contributed by atoms with van der Waals surface area (Å²) in [5.41, 5.74) is 0.642. The normalized spacial score (nSPS) is 17.5. The van der Waals surface area contributed by atoms with Crippen LogP contribution >= 0.6 is 11.8 Å². The third kappa shape index (κ3) is 4.46. The minimum Gasteiger partial charge on any atom is -0.480 e. The van der Waals surface area contributed by atoms with E-state index in [1.165, 1.54) is 43.3 Å². The van der Waals surface area contributed by atoms with E-state index in [1.807, 2.05) is 0 Å². The van der Waals surface area contributed by atoms with E-state index >= 15 is 0 Å². The van der Waals surface area contributed by atoms with Crippen LogP contribution < -0.4 is 9.62 Å². The highest BCUT2D eigenvalue weighted by Crippen LogP contribution is 2.28. The first-order valence-corrected chi connectivity index (χ1v) is 11.0. The van der Waals surface area contributed by atoms with E-state index in [2.05, 4.69) is 5.32 Å². The van der Waals surface area contributed by atoms with Gasteiger partial charge in [0.1, 0.15) is 11.9 Å². The number of sulfonamides is 1. The van der Waals surface area contributed by atoms with Crippen LogP contribution in [0.1, 0.15) is 12.5 Å². The van der Waals surface area contributed by atoms with E-state index < -0.39 is 44.2 Å². The lowest BCUT2D eigenvalue weighted by Gasteiger charge is -2.28. The van der Waals surface area contributed by atoms with E-state index in [9.17, 15) is 32.3 Å². The quantitative estimate of drug-likeness (QED) is 0.662. The van der Waals surface area contributed by atoms with Gasteiger partial charge >= 0.3 is 5.97 Å². The van der Waals surface area contributed by atoms with Crippen molar-refractivity contribution in [3.05, 3.63) is 59.9 Å². The number of rotatable bonds is 7. The number of halogens is 1. The maximum absolute atomic E-state index is 13.3. The SMILES string of the molecule is C[C@@H](C(=O)O)N(c1ccc(F)cc1)S(=O)(=O)c1ccc(CC2SC(=O)NC2=O)cc1. The molecule has 8 nitrogen and oxygen atoms in total. The number of carboxylic acids is 1. The third-order valence-corrected chi connectivity index (χ3v) is 7.35. The number of thioether (sulfide) groups is 1. The van der Waals surface area contributed by atoms with Crippen LogP contribution in [-0.4, -0.2) is 41.9 Å². The first kappa shape index (κ1) is 21.8. The Morgan fingerprint density at radius 2 is 1.77 bits per heavy atom. The number of benzene rings is 2. The number of nitrogens with one attached hydrogen (secondary N) is 1. The molecular weight excluding hydrogens is 435 g/mol. The van der Waals surface area contributed by atoms with E-state index in [-0.39, 0.29) is 17.0 Å². The Balaban J connectivity index is 1.91. The monoisotopic (exact) mass is 452 g/mol. The molecule has 2 atom stereocenters. The number of nitrogens with zero attached hydrogens (tertiary/aromatic N) is 1. The van der Waals surface area contributed by atoms with Crippen LogP contribution in [-0.2, 0) is 26.0 Å². The van der Waals surface area contributed by atoms with Crippen molar-refractivity contribution in [2.24, 2.45) is 0 Å². The smallest absolute Gasteiger partial charge is 0.327 e. The molecule has 0 saturated carbocycles. The Kier molecular flexibility index (Phi) is 6.13. The lowest BCUT2D eigenvalue weighted by Crippen LogP contribution is -2.43. The molecule has 2 aromatic rings. The van der Waals surface area contributed by atoms with Gasteiger partial charge in [0.25, 0.3) is 15.3 Å². The molecule has 2 N–H and O–H groups in total. The molecule has 2 aromatic carbocycles. The summed E-state index contributed by atoms with van der Waals surface area (Å²) in [6.45, 7) is 1.21. The Bertz CT molecular complexity index is 1090. The summed E-state index contributed by atoms with van der Waals surface area (Å²) in [7, 11) is -4.28. The van der Waals surface area contributed by atoms with Gasteiger partial charge in [-0.05, 0) is 55.3 Å². The third-order valence-electron chi connectivity index (χ3n) is 4.46. The number of carbonyl (C=O) groups excluding carboxylic acids is 2. The van der Waals surface area contributed by atoms with Gasteiger partial charge in [-0.3, -0.25) is 19.2 Å². The largest absolute Gasteiger partial charge is 0.480 e. The molecule has 0 aromatic heterocycles. The van der Waals surface area contributed by atoms with Gasteiger partial charge < -0.3 is 5.11 Å². The Hall–Kier alpha value is -2.92. The topological polar surface area (TPSA) is 121 Å². The Labute approximate surface area is 176 Å². The second kappa shape index (κ2) is 8.44. The fourth-order valence-corrected chi connectivity index (χ4v) is 5.38. The predicted octanol–water partition coefficient (Wildman–Crippen LogP) is 2.39. The van der Waals surface area contributed by atoms with Gasteiger partial charge in [0.15, 0.2) is 0 Å². The van der Waals surface area contributed by atoms with Crippen molar-refractivity contribution < 1.29 is 32.3 Å². The van der Waals surface area contributed by atoms with Crippen molar-refractivity contribution >= 4 is 44.6 Å². The number of imide groups is 1. The first-order chi connectivity index (χ1) is 14.1. The number of aliphatic carboxylic acids is 1. The summed E-state index contributed by atoms with van der Waals surface area (Å²) < 4.78 is 40.3. The summed E-state index contributed by atoms with van der Waals surface area (Å²) >= 11 is 0.867. The second-order valence-electron chi connectivity index (χ2n) is 6.52. The number of anilines is 1. The zero-order valence-corrected chi connectivity index (χ0v) is 17.2. The maximum Gasteiger partial charge on any atom is 0.327 e. The minimum atomic E-state index is -4.28. The van der Waals surface area contributed by atoms with Crippen molar-refractivity contribution in [1.82, 2.24) is 5.32 Å². The van der Waals surface area contributed by atoms with Crippen LogP contribution in [0.5, 0.6) is 0 Å². The molecule has 0 radical (unpaired) electrons. The summed E-state index contributed by atoms with van der Waals surface area (Å²) in [6.07, 6.45) is 0.232. The molecule has 1 aliphatic rings. The second-order valence-corrected chi connectivity index (χ2v) is 9.51. The number of hydrogen-bond donors (Lipinski definition) is 2. The van der Waals surface area contributed by atoms with Crippen LogP contribution in [0.2, 0.25) is 0 Å². The van der Waals surface area contributed by atoms with E-state index in [1.54, 1.807) is 0 Å². The van der Waals surface area contributed by atoms with Crippen LogP contribution in [0.15, 0.2) is 53.4 Å². The molecule has 2 amide bonds. The van der Waals surface area contributed by atoms with Gasteiger partial charge in [0.2, 0.25) is 5.91 Å². The standard InChI is InChI=1S/C19H17FN2O6S2/c1-11(18(24)25)22(14-6-4-13(20)5-7-14)30(27,28)15-8-2-12(3-9-15)10-16-17(23)21-19(26)29-16/h2-9,11,16H,10H2,1H3,(H,24,25)(H,21,23,26)/t11-,16?/m0/s1. The van der Waals surface area contributed by atoms with Crippen LogP contribution in [0.4, 0.5) is 14.9 Å². The Morgan fingerprint density at radius 1 is 1.17 bits per heavy atom. The molecule has 1 unspecified atom stereocenters. The highest BCUT2D eigenvalue weighted by molar-refractivity contribution is 8.15. The number of carboxylic acid groups (broad SMARTS) is 1. The highest BCUT2D eigenvalue weighted by Gasteiger charge is 2.34. The molecule has 1 saturated heterocycles. The van der Waals surface area contributed by atoms with Gasteiger partial charge in [-0.15, -0.1) is 0 Å². The summed E-state index contributed by atoms with van der Waals surface area (Å²) in [5.74, 6) is -2.36. The molecule has 1 aliphatic heterocycles. The fraction of sp³-hybridized carbons (Fsp3) is 0.211. The predicted molar refractivity (Wildman–Crippen MR) is 108 cm³/mol. The van der Waals surface area contributed by atoms with E-state index in [4.69, 9.17) is 0 Å². The van der Waals surface area contributed by atoms with Crippen LogP contribution in [0, 0.1) is 5.82 Å². The number of hydrogen-bond acceptors (Lipinski definition) is 6. The average Bonchev–Trinajstić information content (AvgIpc) is 3.00. The van der Waals surface area contributed by atoms with E-state index in [0.29, 0.717) is 9.87 Å². The molecule has 1 heterocycles. The number of carbonyl (C=O) groups is 3. The minimum absolute atomic E-state index is 0.00733. The lowest BCUT2D eigenvalue weighted by atomic mass is 10.1. The Morgan fingerprint density at radius 3 is 2.27 bits per heavy atom. The first-order valence-electron chi connectivity index (χ1n) is 8.73. The van der Waals surface area contributed by atoms with E-state index in [0.717, 1.165) is 23.9 Å². The molecule has 3 rings (SSSR count). The van der Waals surface area contributed by atoms with Crippen molar-refractivity contribution in [1.29, 1.82) is 0 Å². The molecule has 11 heteroatoms. The van der Waals surface area contributed by atoms with Crippen molar-refractivity contribution in [2.75, 3.05) is 4.31 Å². The van der Waals surface area contributed by atoms with Crippen molar-refractivity contribution in [2.45, 2.75) is 29.5 Å². The van der Waals surface area contributed by atoms with Crippen molar-refractivity contribution in [3.63, 3.8) is 0 Å². The molecule has 30 heavy (non-hydrogen) atoms. The van der Waals surface area contributed by atoms with Gasteiger partial charge in [-0.1, -0.05) is 23.9 Å². The van der Waals surface area contributed by atoms with Gasteiger partial charge in [-0.2, -0.15) is 0 Å². The zero-order chi connectivity index (χ0) is 22.1. The molecule has 0 bridgehead atoms. The lowest BCUT2D eigenvalue weighted by molar-refractivity contribution is -0.137. The average molecular weight is 452 g/mol. The molecule has 1 fully saturated rings. The maximum atomic E-state index is 13.3.